The summed E-state index contributed by atoms with van der Waals surface area (Å²) in [6, 6.07) is 27.7. The second-order valence-electron chi connectivity index (χ2n) is 8.72. The summed E-state index contributed by atoms with van der Waals surface area (Å²) in [5.74, 6) is 0.735. The highest BCUT2D eigenvalue weighted by molar-refractivity contribution is 8.26. The lowest BCUT2D eigenvalue weighted by Gasteiger charge is -2.23. The van der Waals surface area contributed by atoms with Crippen molar-refractivity contribution in [3.05, 3.63) is 107 Å². The van der Waals surface area contributed by atoms with Crippen molar-refractivity contribution in [2.45, 2.75) is 26.3 Å². The molecule has 1 fully saturated rings. The van der Waals surface area contributed by atoms with Gasteiger partial charge < -0.3 is 4.74 Å². The van der Waals surface area contributed by atoms with Gasteiger partial charge in [0.1, 0.15) is 10.1 Å². The van der Waals surface area contributed by atoms with Gasteiger partial charge in [0, 0.05) is 17.3 Å². The van der Waals surface area contributed by atoms with E-state index in [1.165, 1.54) is 11.8 Å². The van der Waals surface area contributed by atoms with Gasteiger partial charge in [-0.15, -0.1) is 0 Å². The zero-order chi connectivity index (χ0) is 25.8. The number of benzene rings is 3. The molecule has 2 heterocycles. The molecule has 0 spiro atoms. The number of hydrogen-bond acceptors (Lipinski definition) is 5. The predicted molar refractivity (Wildman–Crippen MR) is 155 cm³/mol. The molecule has 1 aliphatic heterocycles. The number of para-hydroxylation sites is 1. The summed E-state index contributed by atoms with van der Waals surface area (Å²) in [5.41, 5.74) is 4.56. The van der Waals surface area contributed by atoms with Crippen LogP contribution in [-0.2, 0) is 4.79 Å². The maximum atomic E-state index is 13.5. The van der Waals surface area contributed by atoms with Crippen LogP contribution in [0.4, 0.5) is 0 Å². The van der Waals surface area contributed by atoms with Gasteiger partial charge >= 0.3 is 0 Å². The highest BCUT2D eigenvalue weighted by Gasteiger charge is 2.36. The lowest BCUT2D eigenvalue weighted by molar-refractivity contribution is -0.123. The van der Waals surface area contributed by atoms with Gasteiger partial charge in [-0.25, -0.2) is 4.68 Å². The second kappa shape index (κ2) is 11.2. The number of ether oxygens (including phenoxy) is 1. The Hall–Kier alpha value is -3.68. The van der Waals surface area contributed by atoms with E-state index < -0.39 is 0 Å². The first-order valence-corrected chi connectivity index (χ1v) is 13.5. The molecule has 37 heavy (non-hydrogen) atoms. The van der Waals surface area contributed by atoms with Crippen molar-refractivity contribution < 1.29 is 9.53 Å². The zero-order valence-corrected chi connectivity index (χ0v) is 22.3. The molecule has 1 saturated heterocycles. The Morgan fingerprint density at radius 1 is 1.00 bits per heavy atom. The molecule has 4 aromatic rings. The van der Waals surface area contributed by atoms with Gasteiger partial charge in [-0.05, 0) is 61.4 Å². The highest BCUT2D eigenvalue weighted by atomic mass is 32.2. The number of amides is 1. The van der Waals surface area contributed by atoms with Gasteiger partial charge in [-0.1, -0.05) is 79.4 Å². The molecule has 0 radical (unpaired) electrons. The van der Waals surface area contributed by atoms with Crippen molar-refractivity contribution in [1.82, 2.24) is 14.7 Å². The summed E-state index contributed by atoms with van der Waals surface area (Å²) in [6.45, 7) is 4.76. The molecule has 1 amide bonds. The molecule has 186 valence electrons. The lowest BCUT2D eigenvalue weighted by Crippen LogP contribution is -2.30. The number of carbonyl (C=O) groups excluding carboxylic acids is 1. The fourth-order valence-electron chi connectivity index (χ4n) is 4.19. The molecule has 0 aliphatic carbocycles. The number of rotatable bonds is 8. The normalized spacial score (nSPS) is 15.4. The molecule has 1 aliphatic rings. The monoisotopic (exact) mass is 525 g/mol. The number of thiocarbonyl (C=S) groups is 1. The number of thioether (sulfide) groups is 1. The second-order valence-corrected chi connectivity index (χ2v) is 10.4. The molecule has 3 aromatic carbocycles. The van der Waals surface area contributed by atoms with Gasteiger partial charge in [0.15, 0.2) is 0 Å². The molecule has 0 N–H and O–H groups in total. The molecule has 1 atom stereocenters. The van der Waals surface area contributed by atoms with Crippen LogP contribution in [0.2, 0.25) is 0 Å². The van der Waals surface area contributed by atoms with Crippen LogP contribution in [0.5, 0.6) is 5.75 Å². The molecule has 0 bridgehead atoms. The fraction of sp³-hybridized carbons (Fsp3) is 0.167. The SMILES string of the molecule is CCCOc1ccc(-c2nn(-c3ccccc3)cc2/C=C2\SC(=S)N([C@H](C)c3ccccc3)C2=O)cc1. The van der Waals surface area contributed by atoms with Gasteiger partial charge in [-0.2, -0.15) is 5.10 Å². The minimum Gasteiger partial charge on any atom is -0.494 e. The van der Waals surface area contributed by atoms with Crippen LogP contribution >= 0.6 is 24.0 Å². The third kappa shape index (κ3) is 5.38. The molecule has 7 heteroatoms. The van der Waals surface area contributed by atoms with Gasteiger partial charge in [0.05, 0.1) is 28.9 Å². The molecule has 0 saturated carbocycles. The maximum Gasteiger partial charge on any atom is 0.266 e. The first-order valence-electron chi connectivity index (χ1n) is 12.3. The van der Waals surface area contributed by atoms with E-state index in [0.717, 1.165) is 40.2 Å². The van der Waals surface area contributed by atoms with Crippen LogP contribution in [0.25, 0.3) is 23.0 Å². The van der Waals surface area contributed by atoms with Gasteiger partial charge in [-0.3, -0.25) is 9.69 Å². The van der Waals surface area contributed by atoms with Crippen LogP contribution in [0.1, 0.15) is 37.4 Å². The average Bonchev–Trinajstić information content (AvgIpc) is 3.48. The Bertz CT molecular complexity index is 1430. The van der Waals surface area contributed by atoms with Crippen LogP contribution in [-0.4, -0.2) is 31.5 Å². The Kier molecular flexibility index (Phi) is 7.53. The van der Waals surface area contributed by atoms with E-state index in [-0.39, 0.29) is 11.9 Å². The number of hydrogen-bond donors (Lipinski definition) is 0. The number of nitrogens with zero attached hydrogens (tertiary/aromatic N) is 3. The van der Waals surface area contributed by atoms with Crippen molar-refractivity contribution in [2.24, 2.45) is 0 Å². The van der Waals surface area contributed by atoms with E-state index in [4.69, 9.17) is 22.1 Å². The first kappa shape index (κ1) is 25.0. The van der Waals surface area contributed by atoms with Gasteiger partial charge in [0.2, 0.25) is 0 Å². The number of aromatic nitrogens is 2. The first-order chi connectivity index (χ1) is 18.0. The molecule has 5 nitrogen and oxygen atoms in total. The van der Waals surface area contributed by atoms with Crippen molar-refractivity contribution in [2.75, 3.05) is 6.61 Å². The van der Waals surface area contributed by atoms with Crippen LogP contribution in [0, 0.1) is 0 Å². The quantitative estimate of drug-likeness (QED) is 0.179. The Morgan fingerprint density at radius 2 is 1.68 bits per heavy atom. The summed E-state index contributed by atoms with van der Waals surface area (Å²) in [5, 5.41) is 4.89. The van der Waals surface area contributed by atoms with E-state index in [9.17, 15) is 4.79 Å². The van der Waals surface area contributed by atoms with Crippen LogP contribution in [0.15, 0.2) is 96.0 Å². The van der Waals surface area contributed by atoms with E-state index in [1.54, 1.807) is 4.90 Å². The Morgan fingerprint density at radius 3 is 2.35 bits per heavy atom. The molecular weight excluding hydrogens is 498 g/mol. The van der Waals surface area contributed by atoms with Gasteiger partial charge in [0.25, 0.3) is 5.91 Å². The summed E-state index contributed by atoms with van der Waals surface area (Å²) in [7, 11) is 0. The summed E-state index contributed by atoms with van der Waals surface area (Å²) < 4.78 is 8.15. The molecule has 0 unspecified atom stereocenters. The Balaban J connectivity index is 1.51. The third-order valence-electron chi connectivity index (χ3n) is 6.14. The fourth-order valence-corrected chi connectivity index (χ4v) is 5.60. The Labute approximate surface area is 226 Å². The van der Waals surface area contributed by atoms with Crippen LogP contribution < -0.4 is 4.74 Å². The van der Waals surface area contributed by atoms with E-state index >= 15 is 0 Å². The van der Waals surface area contributed by atoms with Crippen molar-refractivity contribution in [3.63, 3.8) is 0 Å². The predicted octanol–water partition coefficient (Wildman–Crippen LogP) is 7.29. The maximum absolute atomic E-state index is 13.5. The molecule has 5 rings (SSSR count). The van der Waals surface area contributed by atoms with Crippen molar-refractivity contribution >= 4 is 40.3 Å². The summed E-state index contributed by atoms with van der Waals surface area (Å²) in [6.07, 6.45) is 4.81. The lowest BCUT2D eigenvalue weighted by atomic mass is 10.1. The minimum absolute atomic E-state index is 0.0897. The average molecular weight is 526 g/mol. The van der Waals surface area contributed by atoms with E-state index in [2.05, 4.69) is 6.92 Å². The van der Waals surface area contributed by atoms with Crippen molar-refractivity contribution in [1.29, 1.82) is 0 Å². The molecule has 1 aromatic heterocycles. The summed E-state index contributed by atoms with van der Waals surface area (Å²) >= 11 is 6.97. The minimum atomic E-state index is -0.151. The van der Waals surface area contributed by atoms with Crippen molar-refractivity contribution in [3.8, 4) is 22.7 Å². The molecular formula is C30H27N3O2S2. The van der Waals surface area contributed by atoms with E-state index in [0.29, 0.717) is 15.8 Å². The van der Waals surface area contributed by atoms with Crippen LogP contribution in [0.3, 0.4) is 0 Å². The zero-order valence-electron chi connectivity index (χ0n) is 20.7. The summed E-state index contributed by atoms with van der Waals surface area (Å²) in [4.78, 5) is 15.8. The van der Waals surface area contributed by atoms with E-state index in [1.807, 2.05) is 109 Å². The standard InChI is InChI=1S/C30H27N3O2S2/c1-3-18-35-26-16-14-23(15-17-26)28-24(20-32(31-28)25-12-8-5-9-13-25)19-27-29(34)33(30(36)37-27)21(2)22-10-6-4-7-11-22/h4-17,19-21H,3,18H2,1-2H3/b27-19-/t21-/m1/s1. The highest BCUT2D eigenvalue weighted by Crippen LogP contribution is 2.39. The topological polar surface area (TPSA) is 47.4 Å². The number of carbonyl (C=O) groups is 1. The largest absolute Gasteiger partial charge is 0.494 e. The smallest absolute Gasteiger partial charge is 0.266 e. The third-order valence-corrected chi connectivity index (χ3v) is 7.47.